The van der Waals surface area contributed by atoms with Crippen molar-refractivity contribution in [2.75, 3.05) is 7.11 Å². The number of hydrogen-bond acceptors (Lipinski definition) is 1. The molecule has 2 rings (SSSR count). The summed E-state index contributed by atoms with van der Waals surface area (Å²) in [6, 6.07) is 3.62. The third-order valence-corrected chi connectivity index (χ3v) is 4.06. The van der Waals surface area contributed by atoms with E-state index >= 15 is 0 Å². The van der Waals surface area contributed by atoms with Crippen LogP contribution in [-0.2, 0) is 11.2 Å². The number of methoxy groups -OCH3 is 1. The number of hydrogen-bond donors (Lipinski definition) is 0. The van der Waals surface area contributed by atoms with Gasteiger partial charge in [0.05, 0.1) is 5.60 Å². The van der Waals surface area contributed by atoms with Crippen LogP contribution in [0.3, 0.4) is 0 Å². The van der Waals surface area contributed by atoms with Gasteiger partial charge in [-0.15, -0.1) is 11.6 Å². The van der Waals surface area contributed by atoms with Gasteiger partial charge in [0.1, 0.15) is 11.6 Å². The van der Waals surface area contributed by atoms with Gasteiger partial charge in [-0.25, -0.2) is 8.78 Å². The largest absolute Gasteiger partial charge is 0.378 e. The summed E-state index contributed by atoms with van der Waals surface area (Å²) in [5.74, 6) is -1.09. The number of halogens is 3. The molecule has 1 aromatic rings. The molecule has 0 saturated heterocycles. The average molecular weight is 275 g/mol. The molecule has 0 aliphatic heterocycles. The zero-order valence-corrected chi connectivity index (χ0v) is 11.1. The van der Waals surface area contributed by atoms with E-state index in [0.29, 0.717) is 18.4 Å². The molecule has 0 radical (unpaired) electrons. The molecule has 100 valence electrons. The molecular weight excluding hydrogens is 258 g/mol. The van der Waals surface area contributed by atoms with Crippen LogP contribution in [0.2, 0.25) is 0 Å². The first kappa shape index (κ1) is 13.8. The Bertz CT molecular complexity index is 413. The molecular formula is C14H17ClF2O. The lowest BCUT2D eigenvalue weighted by Gasteiger charge is -2.41. The molecule has 1 aliphatic carbocycles. The zero-order chi connectivity index (χ0) is 13.2. The fourth-order valence-corrected chi connectivity index (χ4v) is 2.91. The van der Waals surface area contributed by atoms with Gasteiger partial charge >= 0.3 is 0 Å². The van der Waals surface area contributed by atoms with Crippen molar-refractivity contribution in [1.82, 2.24) is 0 Å². The summed E-state index contributed by atoms with van der Waals surface area (Å²) in [7, 11) is 1.70. The highest BCUT2D eigenvalue weighted by atomic mass is 35.5. The Hall–Kier alpha value is -0.670. The van der Waals surface area contributed by atoms with E-state index in [1.807, 2.05) is 0 Å². The molecule has 0 aromatic heterocycles. The van der Waals surface area contributed by atoms with Gasteiger partial charge in [-0.1, -0.05) is 6.07 Å². The molecule has 1 unspecified atom stereocenters. The fraction of sp³-hybridized carbons (Fsp3) is 0.571. The molecule has 1 saturated carbocycles. The van der Waals surface area contributed by atoms with Crippen LogP contribution >= 0.6 is 11.6 Å². The van der Waals surface area contributed by atoms with Gasteiger partial charge in [0.2, 0.25) is 0 Å². The Balaban J connectivity index is 1.96. The lowest BCUT2D eigenvalue weighted by Crippen LogP contribution is -2.41. The molecule has 1 fully saturated rings. The fourth-order valence-electron chi connectivity index (χ4n) is 2.46. The Kier molecular flexibility index (Phi) is 4.23. The number of benzene rings is 1. The highest BCUT2D eigenvalue weighted by Crippen LogP contribution is 2.40. The molecule has 4 heteroatoms. The van der Waals surface area contributed by atoms with Gasteiger partial charge in [0.15, 0.2) is 0 Å². The summed E-state index contributed by atoms with van der Waals surface area (Å²) < 4.78 is 31.8. The van der Waals surface area contributed by atoms with E-state index in [-0.39, 0.29) is 11.0 Å². The highest BCUT2D eigenvalue weighted by Gasteiger charge is 2.38. The number of rotatable bonds is 5. The van der Waals surface area contributed by atoms with E-state index < -0.39 is 11.6 Å². The number of alkyl halides is 1. The van der Waals surface area contributed by atoms with Gasteiger partial charge in [0.25, 0.3) is 0 Å². The molecule has 0 bridgehead atoms. The summed E-state index contributed by atoms with van der Waals surface area (Å²) in [6.07, 6.45) is 4.29. The first-order chi connectivity index (χ1) is 8.54. The van der Waals surface area contributed by atoms with Crippen molar-refractivity contribution < 1.29 is 13.5 Å². The van der Waals surface area contributed by atoms with Crippen LogP contribution < -0.4 is 0 Å². The van der Waals surface area contributed by atoms with Crippen molar-refractivity contribution in [2.24, 2.45) is 0 Å². The SMILES string of the molecule is COC1(CC(Cl)Cc2ccc(F)cc2F)CCC1. The van der Waals surface area contributed by atoms with Crippen LogP contribution in [0.15, 0.2) is 18.2 Å². The molecule has 1 aliphatic rings. The minimum Gasteiger partial charge on any atom is -0.378 e. The van der Waals surface area contributed by atoms with E-state index in [4.69, 9.17) is 16.3 Å². The first-order valence-electron chi connectivity index (χ1n) is 6.18. The maximum absolute atomic E-state index is 13.5. The lowest BCUT2D eigenvalue weighted by molar-refractivity contribution is -0.0777. The summed E-state index contributed by atoms with van der Waals surface area (Å²) in [6.45, 7) is 0. The van der Waals surface area contributed by atoms with E-state index in [1.54, 1.807) is 7.11 Å². The van der Waals surface area contributed by atoms with Gasteiger partial charge in [-0.05, 0) is 43.7 Å². The highest BCUT2D eigenvalue weighted by molar-refractivity contribution is 6.20. The van der Waals surface area contributed by atoms with Crippen molar-refractivity contribution in [1.29, 1.82) is 0 Å². The molecule has 0 N–H and O–H groups in total. The van der Waals surface area contributed by atoms with E-state index in [2.05, 4.69) is 0 Å². The molecule has 18 heavy (non-hydrogen) atoms. The lowest BCUT2D eigenvalue weighted by atomic mass is 9.76. The predicted molar refractivity (Wildman–Crippen MR) is 67.9 cm³/mol. The Morgan fingerprint density at radius 3 is 2.61 bits per heavy atom. The molecule has 1 aromatic carbocycles. The first-order valence-corrected chi connectivity index (χ1v) is 6.61. The predicted octanol–water partition coefficient (Wildman–Crippen LogP) is 4.07. The second-order valence-electron chi connectivity index (χ2n) is 4.98. The van der Waals surface area contributed by atoms with Crippen LogP contribution in [0.4, 0.5) is 8.78 Å². The standard InChI is InChI=1S/C14H17ClF2O/c1-18-14(5-2-6-14)9-11(15)7-10-3-4-12(16)8-13(10)17/h3-4,8,11H,2,5-7,9H2,1H3. The van der Waals surface area contributed by atoms with Crippen molar-refractivity contribution >= 4 is 11.6 Å². The Morgan fingerprint density at radius 2 is 2.11 bits per heavy atom. The second-order valence-corrected chi connectivity index (χ2v) is 5.60. The van der Waals surface area contributed by atoms with Crippen molar-refractivity contribution in [3.63, 3.8) is 0 Å². The molecule has 1 atom stereocenters. The topological polar surface area (TPSA) is 9.23 Å². The van der Waals surface area contributed by atoms with E-state index in [0.717, 1.165) is 25.3 Å². The van der Waals surface area contributed by atoms with Gasteiger partial charge < -0.3 is 4.74 Å². The summed E-state index contributed by atoms with van der Waals surface area (Å²) in [4.78, 5) is 0. The maximum atomic E-state index is 13.5. The van der Waals surface area contributed by atoms with Crippen LogP contribution in [0.1, 0.15) is 31.2 Å². The quantitative estimate of drug-likeness (QED) is 0.736. The van der Waals surface area contributed by atoms with Crippen LogP contribution in [-0.4, -0.2) is 18.1 Å². The average Bonchev–Trinajstić information content (AvgIpc) is 2.27. The minimum absolute atomic E-state index is 0.122. The van der Waals surface area contributed by atoms with Crippen molar-refractivity contribution in [3.05, 3.63) is 35.4 Å². The Morgan fingerprint density at radius 1 is 1.39 bits per heavy atom. The Labute approximate surface area is 111 Å². The summed E-state index contributed by atoms with van der Waals surface area (Å²) >= 11 is 6.26. The van der Waals surface area contributed by atoms with Crippen LogP contribution in [0.25, 0.3) is 0 Å². The minimum atomic E-state index is -0.560. The molecule has 0 spiro atoms. The third kappa shape index (κ3) is 3.01. The van der Waals surface area contributed by atoms with E-state index in [1.165, 1.54) is 12.1 Å². The maximum Gasteiger partial charge on any atom is 0.129 e. The van der Waals surface area contributed by atoms with Gasteiger partial charge in [0, 0.05) is 18.6 Å². The summed E-state index contributed by atoms with van der Waals surface area (Å²) in [5, 5.41) is -0.190. The second kappa shape index (κ2) is 5.54. The monoisotopic (exact) mass is 274 g/mol. The van der Waals surface area contributed by atoms with Crippen molar-refractivity contribution in [3.8, 4) is 0 Å². The zero-order valence-electron chi connectivity index (χ0n) is 10.4. The van der Waals surface area contributed by atoms with Gasteiger partial charge in [-0.3, -0.25) is 0 Å². The third-order valence-electron chi connectivity index (χ3n) is 3.75. The van der Waals surface area contributed by atoms with Crippen LogP contribution in [0.5, 0.6) is 0 Å². The molecule has 1 nitrogen and oxygen atoms in total. The van der Waals surface area contributed by atoms with Gasteiger partial charge in [-0.2, -0.15) is 0 Å². The van der Waals surface area contributed by atoms with Crippen LogP contribution in [0, 0.1) is 11.6 Å². The summed E-state index contributed by atoms with van der Waals surface area (Å²) in [5.41, 5.74) is 0.338. The smallest absolute Gasteiger partial charge is 0.129 e. The van der Waals surface area contributed by atoms with E-state index in [9.17, 15) is 8.78 Å². The molecule has 0 amide bonds. The van der Waals surface area contributed by atoms with Crippen molar-refractivity contribution in [2.45, 2.75) is 43.1 Å². The normalized spacial score (nSPS) is 19.3. The number of ether oxygens (including phenoxy) is 1. The molecule has 0 heterocycles.